The highest BCUT2D eigenvalue weighted by Gasteiger charge is 2.45. The van der Waals surface area contributed by atoms with Gasteiger partial charge in [0.05, 0.1) is 10.9 Å². The normalized spacial score (nSPS) is 19.6. The first-order valence-corrected chi connectivity index (χ1v) is 15.8. The largest absolute Gasteiger partial charge is 0.768 e. The van der Waals surface area contributed by atoms with Gasteiger partial charge in [-0.2, -0.15) is 0 Å². The molecule has 208 valence electrons. The number of fused-ring (bicyclic) bond motifs is 1. The van der Waals surface area contributed by atoms with Gasteiger partial charge in [-0.25, -0.2) is 0 Å². The molecule has 1 heterocycles. The van der Waals surface area contributed by atoms with Gasteiger partial charge in [0.1, 0.15) is 12.4 Å². The zero-order valence-corrected chi connectivity index (χ0v) is 26.6. The third-order valence-electron chi connectivity index (χ3n) is 6.58. The van der Waals surface area contributed by atoms with Gasteiger partial charge >= 0.3 is 0 Å². The molecular weight excluding hydrogens is 501 g/mol. The molecule has 0 aliphatic carbocycles. The number of nitrogens with one attached hydrogen (secondary N) is 1. The third kappa shape index (κ3) is 7.72. The fourth-order valence-electron chi connectivity index (χ4n) is 4.57. The number of rotatable bonds is 6. The van der Waals surface area contributed by atoms with Crippen LogP contribution in [0.4, 0.5) is 0 Å². The maximum atomic E-state index is 13.7. The topological polar surface area (TPSA) is 78.5 Å². The minimum Gasteiger partial charge on any atom is -0.768 e. The molecule has 3 rings (SSSR count). The van der Waals surface area contributed by atoms with E-state index >= 15 is 0 Å². The quantitative estimate of drug-likeness (QED) is 0.244. The highest BCUT2D eigenvalue weighted by atomic mass is 32.2. The van der Waals surface area contributed by atoms with Gasteiger partial charge < -0.3 is 14.6 Å². The predicted molar refractivity (Wildman–Crippen MR) is 159 cm³/mol. The maximum Gasteiger partial charge on any atom is 0.176 e. The van der Waals surface area contributed by atoms with Gasteiger partial charge in [-0.15, -0.1) is 0 Å². The fraction of sp³-hybridized carbons (Fsp3) is 0.567. The molecule has 1 N–H and O–H groups in total. The van der Waals surface area contributed by atoms with Crippen LogP contribution in [0.25, 0.3) is 0 Å². The Morgan fingerprint density at radius 3 is 2.11 bits per heavy atom. The average molecular weight is 549 g/mol. The van der Waals surface area contributed by atoms with Crippen molar-refractivity contribution >= 4 is 29.8 Å². The van der Waals surface area contributed by atoms with Crippen LogP contribution in [0.15, 0.2) is 29.2 Å². The summed E-state index contributed by atoms with van der Waals surface area (Å²) in [4.78, 5) is 13.8. The first-order chi connectivity index (χ1) is 17.3. The van der Waals surface area contributed by atoms with Gasteiger partial charge in [-0.1, -0.05) is 67.5 Å². The SMILES string of the molecule is CC.CC.Cc1cc(OCCN[C@@H]2C(=O)P(C(C)(C)C)c3ccc(C)c(C)c3C2C)c(S(=O)[O-])cc1C. The summed E-state index contributed by atoms with van der Waals surface area (Å²) in [5.74, 6) is 0.407. The Bertz CT molecular complexity index is 1090. The molecule has 0 radical (unpaired) electrons. The Balaban J connectivity index is 0.00000163. The molecular formula is C30H47NO4PS-. The molecule has 0 spiro atoms. The Kier molecular flexibility index (Phi) is 13.1. The van der Waals surface area contributed by atoms with Crippen molar-refractivity contribution in [3.63, 3.8) is 0 Å². The number of hydrogen-bond donors (Lipinski definition) is 1. The van der Waals surface area contributed by atoms with E-state index in [-0.39, 0.29) is 34.1 Å². The predicted octanol–water partition coefficient (Wildman–Crippen LogP) is 6.80. The Morgan fingerprint density at radius 2 is 1.57 bits per heavy atom. The van der Waals surface area contributed by atoms with Crippen molar-refractivity contribution in [1.29, 1.82) is 0 Å². The molecule has 4 atom stereocenters. The van der Waals surface area contributed by atoms with Gasteiger partial charge in [0.15, 0.2) is 5.52 Å². The molecule has 0 aromatic heterocycles. The number of ether oxygens (including phenoxy) is 1. The summed E-state index contributed by atoms with van der Waals surface area (Å²) in [6.45, 7) is 25.4. The van der Waals surface area contributed by atoms with E-state index in [0.29, 0.717) is 12.3 Å². The second-order valence-electron chi connectivity index (χ2n) is 9.97. The van der Waals surface area contributed by atoms with E-state index < -0.39 is 19.0 Å². The summed E-state index contributed by atoms with van der Waals surface area (Å²) >= 11 is -2.37. The molecule has 1 aliphatic rings. The van der Waals surface area contributed by atoms with Gasteiger partial charge in [0.2, 0.25) is 0 Å². The molecule has 7 heteroatoms. The zero-order valence-electron chi connectivity index (χ0n) is 24.9. The lowest BCUT2D eigenvalue weighted by atomic mass is 9.88. The van der Waals surface area contributed by atoms with Crippen LogP contribution in [0.2, 0.25) is 0 Å². The Labute approximate surface area is 229 Å². The summed E-state index contributed by atoms with van der Waals surface area (Å²) in [7, 11) is -0.995. The van der Waals surface area contributed by atoms with Crippen LogP contribution in [0, 0.1) is 27.7 Å². The summed E-state index contributed by atoms with van der Waals surface area (Å²) in [5, 5.41) is 4.52. The summed E-state index contributed by atoms with van der Waals surface area (Å²) in [5.41, 5.74) is 5.96. The van der Waals surface area contributed by atoms with E-state index in [4.69, 9.17) is 4.74 Å². The number of benzene rings is 2. The first kappa shape index (κ1) is 33.4. The second-order valence-corrected chi connectivity index (χ2v) is 13.8. The molecule has 0 saturated carbocycles. The smallest absolute Gasteiger partial charge is 0.176 e. The second kappa shape index (κ2) is 14.5. The van der Waals surface area contributed by atoms with E-state index in [1.807, 2.05) is 41.5 Å². The Hall–Kier alpha value is -1.59. The van der Waals surface area contributed by atoms with E-state index in [2.05, 4.69) is 59.0 Å². The van der Waals surface area contributed by atoms with Crippen molar-refractivity contribution in [2.45, 2.75) is 105 Å². The van der Waals surface area contributed by atoms with Gasteiger partial charge in [0.25, 0.3) is 0 Å². The van der Waals surface area contributed by atoms with Crippen LogP contribution in [0.1, 0.15) is 89.1 Å². The number of aryl methyl sites for hydroxylation is 3. The summed E-state index contributed by atoms with van der Waals surface area (Å²) < 4.78 is 29.1. The first-order valence-electron chi connectivity index (χ1n) is 13.4. The van der Waals surface area contributed by atoms with Crippen molar-refractivity contribution in [1.82, 2.24) is 5.32 Å². The summed E-state index contributed by atoms with van der Waals surface area (Å²) in [6.07, 6.45) is 0. The molecule has 0 fully saturated rings. The monoisotopic (exact) mass is 548 g/mol. The van der Waals surface area contributed by atoms with E-state index in [1.54, 1.807) is 12.1 Å². The van der Waals surface area contributed by atoms with E-state index in [0.717, 1.165) is 11.1 Å². The molecule has 1 aliphatic heterocycles. The summed E-state index contributed by atoms with van der Waals surface area (Å²) in [6, 6.07) is 7.40. The van der Waals surface area contributed by atoms with Crippen LogP contribution < -0.4 is 15.4 Å². The molecule has 3 unspecified atom stereocenters. The van der Waals surface area contributed by atoms with Gasteiger partial charge in [0, 0.05) is 20.4 Å². The van der Waals surface area contributed by atoms with Crippen molar-refractivity contribution in [2.75, 3.05) is 13.2 Å². The lowest BCUT2D eigenvalue weighted by molar-refractivity contribution is -0.113. The van der Waals surface area contributed by atoms with Crippen LogP contribution in [0.3, 0.4) is 0 Å². The van der Waals surface area contributed by atoms with Crippen LogP contribution >= 0.6 is 7.92 Å². The van der Waals surface area contributed by atoms with Crippen LogP contribution in [-0.4, -0.2) is 38.6 Å². The van der Waals surface area contributed by atoms with Crippen molar-refractivity contribution in [3.05, 3.63) is 52.1 Å². The molecule has 0 amide bonds. The molecule has 2 aromatic carbocycles. The number of carbonyl (C=O) groups excluding carboxylic acids is 1. The van der Waals surface area contributed by atoms with Gasteiger partial charge in [-0.05, 0) is 89.2 Å². The highest BCUT2D eigenvalue weighted by molar-refractivity contribution is 7.83. The molecule has 37 heavy (non-hydrogen) atoms. The van der Waals surface area contributed by atoms with Crippen molar-refractivity contribution in [3.8, 4) is 5.75 Å². The average Bonchev–Trinajstić information content (AvgIpc) is 2.84. The third-order valence-corrected chi connectivity index (χ3v) is 10.2. The van der Waals surface area contributed by atoms with E-state index in [1.165, 1.54) is 22.0 Å². The van der Waals surface area contributed by atoms with E-state index in [9.17, 15) is 13.6 Å². The minimum atomic E-state index is -2.37. The lowest BCUT2D eigenvalue weighted by Gasteiger charge is -2.42. The van der Waals surface area contributed by atoms with Crippen LogP contribution in [-0.2, 0) is 15.9 Å². The fourth-order valence-corrected chi connectivity index (χ4v) is 8.17. The van der Waals surface area contributed by atoms with Gasteiger partial charge in [-0.3, -0.25) is 9.00 Å². The standard InChI is InChI=1S/C26H36NO4PS.2C2H6/c1-15-9-10-21-23(18(15)4)19(5)24(25(28)32(21)26(6,7)8)27-11-12-31-20-13-16(2)17(3)14-22(20)33(29)30;2*1-2/h9-10,13-14,19,24,27H,11-12H2,1-8H3,(H,29,30);2*1-2H3/p-1/t19?,24-,32?;;/m0../s1. The number of hydrogen-bond acceptors (Lipinski definition) is 5. The lowest BCUT2D eigenvalue weighted by Crippen LogP contribution is -2.49. The molecule has 0 bridgehead atoms. The minimum absolute atomic E-state index is 0.0554. The molecule has 5 nitrogen and oxygen atoms in total. The highest BCUT2D eigenvalue weighted by Crippen LogP contribution is 2.55. The number of carbonyl (C=O) groups is 1. The molecule has 2 aromatic rings. The maximum absolute atomic E-state index is 13.7. The van der Waals surface area contributed by atoms with Crippen LogP contribution in [0.5, 0.6) is 5.75 Å². The van der Waals surface area contributed by atoms with Crippen molar-refractivity contribution in [2.24, 2.45) is 0 Å². The zero-order chi connectivity index (χ0) is 28.7. The van der Waals surface area contributed by atoms with Crippen molar-refractivity contribution < 1.29 is 18.3 Å². The molecule has 0 saturated heterocycles. The Morgan fingerprint density at radius 1 is 1.00 bits per heavy atom.